The first kappa shape index (κ1) is 15.7. The lowest BCUT2D eigenvalue weighted by Gasteiger charge is -2.19. The Bertz CT molecular complexity index is 483. The molecule has 0 amide bonds. The van der Waals surface area contributed by atoms with Crippen molar-refractivity contribution >= 4 is 11.9 Å². The third-order valence-electron chi connectivity index (χ3n) is 2.60. The Hall–Kier alpha value is -2.34. The van der Waals surface area contributed by atoms with Gasteiger partial charge >= 0.3 is 11.9 Å². The normalized spacial score (nSPS) is 13.2. The Labute approximate surface area is 116 Å². The zero-order chi connectivity index (χ0) is 15.1. The Morgan fingerprint density at radius 1 is 1.40 bits per heavy atom. The van der Waals surface area contributed by atoms with E-state index in [1.807, 2.05) is 0 Å². The van der Waals surface area contributed by atoms with Crippen LogP contribution in [0, 0.1) is 0 Å². The molecular formula is C14H17NO5. The van der Waals surface area contributed by atoms with E-state index in [1.165, 1.54) is 30.3 Å². The Morgan fingerprint density at radius 2 is 2.00 bits per heavy atom. The smallest absolute Gasteiger partial charge is 0.327 e. The van der Waals surface area contributed by atoms with Gasteiger partial charge in [-0.25, -0.2) is 0 Å². The van der Waals surface area contributed by atoms with Crippen molar-refractivity contribution in [1.82, 2.24) is 5.32 Å². The number of benzene rings is 1. The third kappa shape index (κ3) is 4.10. The molecule has 1 aromatic rings. The van der Waals surface area contributed by atoms with Gasteiger partial charge in [-0.15, -0.1) is 6.58 Å². The summed E-state index contributed by atoms with van der Waals surface area (Å²) in [6, 6.07) is 3.65. The van der Waals surface area contributed by atoms with E-state index in [1.54, 1.807) is 6.92 Å². The number of carboxylic acid groups (broad SMARTS) is 1. The van der Waals surface area contributed by atoms with E-state index in [0.717, 1.165) is 0 Å². The fourth-order valence-electron chi connectivity index (χ4n) is 1.62. The topological polar surface area (TPSA) is 95.9 Å². The number of carbonyl (C=O) groups excluding carboxylic acids is 1. The molecule has 3 N–H and O–H groups in total. The van der Waals surface area contributed by atoms with Gasteiger partial charge in [0, 0.05) is 0 Å². The molecule has 108 valence electrons. The van der Waals surface area contributed by atoms with Crippen molar-refractivity contribution in [3.05, 3.63) is 42.5 Å². The number of carboxylic acids is 1. The third-order valence-corrected chi connectivity index (χ3v) is 2.60. The van der Waals surface area contributed by atoms with Crippen LogP contribution >= 0.6 is 0 Å². The number of carbonyl (C=O) groups is 2. The molecule has 0 aromatic heterocycles. The number of hydrogen-bond acceptors (Lipinski definition) is 5. The first-order valence-corrected chi connectivity index (χ1v) is 6.06. The van der Waals surface area contributed by atoms with E-state index in [4.69, 9.17) is 4.74 Å². The minimum absolute atomic E-state index is 0.0311. The lowest BCUT2D eigenvalue weighted by Crippen LogP contribution is -2.41. The van der Waals surface area contributed by atoms with Crippen LogP contribution in [0.2, 0.25) is 0 Å². The molecule has 0 aliphatic heterocycles. The zero-order valence-corrected chi connectivity index (χ0v) is 11.1. The van der Waals surface area contributed by atoms with E-state index < -0.39 is 24.0 Å². The molecule has 0 aliphatic rings. The van der Waals surface area contributed by atoms with E-state index in [-0.39, 0.29) is 12.4 Å². The van der Waals surface area contributed by atoms with E-state index in [2.05, 4.69) is 11.9 Å². The summed E-state index contributed by atoms with van der Waals surface area (Å²) in [7, 11) is 0. The van der Waals surface area contributed by atoms with Crippen LogP contribution in [-0.4, -0.2) is 34.8 Å². The summed E-state index contributed by atoms with van der Waals surface area (Å²) in [5.74, 6) is -1.71. The van der Waals surface area contributed by atoms with E-state index in [0.29, 0.717) is 5.56 Å². The Kier molecular flexibility index (Phi) is 5.74. The number of rotatable bonds is 7. The maximum absolute atomic E-state index is 11.6. The lowest BCUT2D eigenvalue weighted by molar-refractivity contribution is -0.145. The van der Waals surface area contributed by atoms with Crippen molar-refractivity contribution in [3.63, 3.8) is 0 Å². The SMILES string of the molecule is C=CC(NC(C(=O)O)c1ccc(O)cc1)C(=O)OCC. The van der Waals surface area contributed by atoms with Crippen molar-refractivity contribution in [2.24, 2.45) is 0 Å². The summed E-state index contributed by atoms with van der Waals surface area (Å²) >= 11 is 0. The fraction of sp³-hybridized carbons (Fsp3) is 0.286. The molecule has 1 aromatic carbocycles. The minimum atomic E-state index is -1.15. The van der Waals surface area contributed by atoms with Gasteiger partial charge in [0.25, 0.3) is 0 Å². The molecule has 1 rings (SSSR count). The van der Waals surface area contributed by atoms with E-state index in [9.17, 15) is 19.8 Å². The predicted molar refractivity (Wildman–Crippen MR) is 72.2 cm³/mol. The molecule has 0 radical (unpaired) electrons. The first-order valence-electron chi connectivity index (χ1n) is 6.06. The number of hydrogen-bond donors (Lipinski definition) is 3. The minimum Gasteiger partial charge on any atom is -0.508 e. The van der Waals surface area contributed by atoms with Crippen LogP contribution in [0.15, 0.2) is 36.9 Å². The summed E-state index contributed by atoms with van der Waals surface area (Å²) in [6.07, 6.45) is 1.29. The highest BCUT2D eigenvalue weighted by Gasteiger charge is 2.26. The predicted octanol–water partition coefficient (Wildman–Crippen LogP) is 1.23. The molecule has 0 heterocycles. The highest BCUT2D eigenvalue weighted by molar-refractivity contribution is 5.81. The van der Waals surface area contributed by atoms with E-state index >= 15 is 0 Å². The van der Waals surface area contributed by atoms with Gasteiger partial charge in [0.05, 0.1) is 6.61 Å². The number of phenols is 1. The summed E-state index contributed by atoms with van der Waals surface area (Å²) < 4.78 is 4.82. The van der Waals surface area contributed by atoms with Gasteiger partial charge in [0.2, 0.25) is 0 Å². The lowest BCUT2D eigenvalue weighted by atomic mass is 10.1. The molecule has 0 aliphatic carbocycles. The quantitative estimate of drug-likeness (QED) is 0.513. The van der Waals surface area contributed by atoms with Gasteiger partial charge in [-0.3, -0.25) is 14.9 Å². The standard InChI is InChI=1S/C14H17NO5/c1-3-11(14(19)20-4-2)15-12(13(17)18)9-5-7-10(16)8-6-9/h3,5-8,11-12,15-16H,1,4H2,2H3,(H,17,18). The molecule has 6 heteroatoms. The highest BCUT2D eigenvalue weighted by atomic mass is 16.5. The summed E-state index contributed by atoms with van der Waals surface area (Å²) in [5, 5.41) is 21.1. The molecular weight excluding hydrogens is 262 g/mol. The average Bonchev–Trinajstić information content (AvgIpc) is 2.41. The molecule has 20 heavy (non-hydrogen) atoms. The van der Waals surface area contributed by atoms with Gasteiger partial charge < -0.3 is 14.9 Å². The molecule has 0 saturated carbocycles. The number of ether oxygens (including phenoxy) is 1. The maximum atomic E-state index is 11.6. The van der Waals surface area contributed by atoms with Gasteiger partial charge in [-0.1, -0.05) is 18.2 Å². The molecule has 0 fully saturated rings. The number of aliphatic carboxylic acids is 1. The summed E-state index contributed by atoms with van der Waals surface area (Å²) in [6.45, 7) is 5.34. The van der Waals surface area contributed by atoms with Crippen molar-refractivity contribution in [1.29, 1.82) is 0 Å². The molecule has 6 nitrogen and oxygen atoms in total. The molecule has 0 saturated heterocycles. The molecule has 0 spiro atoms. The van der Waals surface area contributed by atoms with Crippen LogP contribution in [0.25, 0.3) is 0 Å². The largest absolute Gasteiger partial charge is 0.508 e. The molecule has 0 bridgehead atoms. The van der Waals surface area contributed by atoms with Gasteiger partial charge in [0.15, 0.2) is 0 Å². The first-order chi connectivity index (χ1) is 9.49. The van der Waals surface area contributed by atoms with Crippen LogP contribution in [0.5, 0.6) is 5.75 Å². The zero-order valence-electron chi connectivity index (χ0n) is 11.1. The van der Waals surface area contributed by atoms with Crippen LogP contribution in [-0.2, 0) is 14.3 Å². The average molecular weight is 279 g/mol. The Balaban J connectivity index is 2.91. The number of aromatic hydroxyl groups is 1. The second-order valence-corrected chi connectivity index (χ2v) is 3.99. The maximum Gasteiger partial charge on any atom is 0.327 e. The number of phenolic OH excluding ortho intramolecular Hbond substituents is 1. The van der Waals surface area contributed by atoms with Gasteiger partial charge in [-0.2, -0.15) is 0 Å². The number of esters is 1. The van der Waals surface area contributed by atoms with Crippen LogP contribution < -0.4 is 5.32 Å². The second kappa shape index (κ2) is 7.30. The number of nitrogens with one attached hydrogen (secondary N) is 1. The van der Waals surface area contributed by atoms with Crippen LogP contribution in [0.3, 0.4) is 0 Å². The van der Waals surface area contributed by atoms with Crippen molar-refractivity contribution in [2.45, 2.75) is 19.0 Å². The van der Waals surface area contributed by atoms with Gasteiger partial charge in [0.1, 0.15) is 17.8 Å². The second-order valence-electron chi connectivity index (χ2n) is 3.99. The summed E-state index contributed by atoms with van der Waals surface area (Å²) in [4.78, 5) is 22.9. The van der Waals surface area contributed by atoms with Crippen molar-refractivity contribution < 1.29 is 24.5 Å². The van der Waals surface area contributed by atoms with Crippen molar-refractivity contribution in [2.75, 3.05) is 6.61 Å². The molecule has 2 atom stereocenters. The monoisotopic (exact) mass is 279 g/mol. The van der Waals surface area contributed by atoms with Gasteiger partial charge in [-0.05, 0) is 24.6 Å². The molecule has 2 unspecified atom stereocenters. The highest BCUT2D eigenvalue weighted by Crippen LogP contribution is 2.18. The Morgan fingerprint density at radius 3 is 2.45 bits per heavy atom. The van der Waals surface area contributed by atoms with Crippen LogP contribution in [0.1, 0.15) is 18.5 Å². The van der Waals surface area contributed by atoms with Crippen molar-refractivity contribution in [3.8, 4) is 5.75 Å². The fourth-order valence-corrected chi connectivity index (χ4v) is 1.62. The summed E-state index contributed by atoms with van der Waals surface area (Å²) in [5.41, 5.74) is 0.409. The van der Waals surface area contributed by atoms with Crippen LogP contribution in [0.4, 0.5) is 0 Å².